The first-order valence-electron chi connectivity index (χ1n) is 6.88. The lowest BCUT2D eigenvalue weighted by atomic mass is 10.0. The highest BCUT2D eigenvalue weighted by Gasteiger charge is 2.22. The molecule has 0 saturated heterocycles. The number of hydrogen-bond donors (Lipinski definition) is 2. The first-order valence-corrected chi connectivity index (χ1v) is 6.88. The molecule has 3 heteroatoms. The van der Waals surface area contributed by atoms with E-state index in [1.54, 1.807) is 0 Å². The molecule has 0 radical (unpaired) electrons. The number of hydrogen-bond acceptors (Lipinski definition) is 3. The van der Waals surface area contributed by atoms with E-state index in [4.69, 9.17) is 0 Å². The number of nitrogens with one attached hydrogen (secondary N) is 1. The summed E-state index contributed by atoms with van der Waals surface area (Å²) in [6.07, 6.45) is 0. The van der Waals surface area contributed by atoms with Crippen molar-refractivity contribution in [2.24, 2.45) is 0 Å². The molecule has 0 aliphatic rings. The van der Waals surface area contributed by atoms with E-state index in [0.29, 0.717) is 13.1 Å². The summed E-state index contributed by atoms with van der Waals surface area (Å²) in [7, 11) is 3.95. The lowest BCUT2D eigenvalue weighted by Gasteiger charge is -2.29. The van der Waals surface area contributed by atoms with Crippen LogP contribution in [0.4, 0.5) is 0 Å². The van der Waals surface area contributed by atoms with Crippen LogP contribution in [0.1, 0.15) is 36.6 Å². The van der Waals surface area contributed by atoms with E-state index < -0.39 is 5.60 Å². The van der Waals surface area contributed by atoms with E-state index in [-0.39, 0.29) is 6.04 Å². The van der Waals surface area contributed by atoms with Crippen molar-refractivity contribution in [3.63, 3.8) is 0 Å². The van der Waals surface area contributed by atoms with E-state index in [2.05, 4.69) is 44.3 Å². The normalized spacial score (nSPS) is 16.4. The predicted octanol–water partition coefficient (Wildman–Crippen LogP) is 2.27. The maximum atomic E-state index is 10.3. The summed E-state index contributed by atoms with van der Waals surface area (Å²) < 4.78 is 0. The van der Waals surface area contributed by atoms with Gasteiger partial charge in [-0.2, -0.15) is 0 Å². The second kappa shape index (κ2) is 6.51. The minimum absolute atomic E-state index is 0.243. The van der Waals surface area contributed by atoms with E-state index >= 15 is 0 Å². The summed E-state index contributed by atoms with van der Waals surface area (Å²) in [6.45, 7) is 9.48. The molecule has 2 atom stereocenters. The van der Waals surface area contributed by atoms with Gasteiger partial charge in [0.2, 0.25) is 0 Å². The molecule has 108 valence electrons. The molecule has 19 heavy (non-hydrogen) atoms. The number of aryl methyl sites for hydroxylation is 2. The minimum atomic E-state index is -0.712. The fourth-order valence-corrected chi connectivity index (χ4v) is 2.49. The molecule has 0 heterocycles. The fourth-order valence-electron chi connectivity index (χ4n) is 2.49. The van der Waals surface area contributed by atoms with Gasteiger partial charge in [-0.1, -0.05) is 29.3 Å². The van der Waals surface area contributed by atoms with Crippen LogP contribution in [0.15, 0.2) is 18.2 Å². The first kappa shape index (κ1) is 16.2. The number of nitrogens with zero attached hydrogens (tertiary/aromatic N) is 1. The average Bonchev–Trinajstić information content (AvgIpc) is 2.22. The minimum Gasteiger partial charge on any atom is -0.388 e. The standard InChI is InChI=1S/C16H28N2O/c1-12-7-13(2)9-15(8-12)14(3)17-10-16(4,19)11-18(5)6/h7-9,14,17,19H,10-11H2,1-6H3. The van der Waals surface area contributed by atoms with Crippen molar-refractivity contribution in [3.05, 3.63) is 34.9 Å². The van der Waals surface area contributed by atoms with Crippen LogP contribution in [0.25, 0.3) is 0 Å². The molecule has 0 aliphatic heterocycles. The number of likely N-dealkylation sites (N-methyl/N-ethyl adjacent to an activating group) is 1. The van der Waals surface area contributed by atoms with Crippen molar-refractivity contribution >= 4 is 0 Å². The number of benzene rings is 1. The van der Waals surface area contributed by atoms with Crippen molar-refractivity contribution in [2.45, 2.75) is 39.3 Å². The largest absolute Gasteiger partial charge is 0.388 e. The number of rotatable bonds is 6. The number of aliphatic hydroxyl groups is 1. The maximum absolute atomic E-state index is 10.3. The third kappa shape index (κ3) is 5.72. The molecular formula is C16H28N2O. The Bertz CT molecular complexity index is 393. The van der Waals surface area contributed by atoms with E-state index in [0.717, 1.165) is 0 Å². The Kier molecular flexibility index (Phi) is 5.53. The van der Waals surface area contributed by atoms with Gasteiger partial charge >= 0.3 is 0 Å². The van der Waals surface area contributed by atoms with Crippen molar-refractivity contribution in [1.82, 2.24) is 10.2 Å². The van der Waals surface area contributed by atoms with Crippen LogP contribution in [0.5, 0.6) is 0 Å². The summed E-state index contributed by atoms with van der Waals surface area (Å²) in [5.41, 5.74) is 3.13. The maximum Gasteiger partial charge on any atom is 0.0869 e. The molecule has 0 spiro atoms. The van der Waals surface area contributed by atoms with Crippen LogP contribution in [0.2, 0.25) is 0 Å². The molecule has 0 bridgehead atoms. The van der Waals surface area contributed by atoms with Gasteiger partial charge in [0.25, 0.3) is 0 Å². The van der Waals surface area contributed by atoms with Gasteiger partial charge in [0.1, 0.15) is 0 Å². The van der Waals surface area contributed by atoms with Crippen molar-refractivity contribution in [1.29, 1.82) is 0 Å². The average molecular weight is 264 g/mol. The van der Waals surface area contributed by atoms with Gasteiger partial charge in [0.05, 0.1) is 5.60 Å². The van der Waals surface area contributed by atoms with Gasteiger partial charge in [-0.3, -0.25) is 0 Å². The second-order valence-corrected chi connectivity index (χ2v) is 6.26. The fraction of sp³-hybridized carbons (Fsp3) is 0.625. The molecule has 2 unspecified atom stereocenters. The molecule has 1 rings (SSSR count). The van der Waals surface area contributed by atoms with Gasteiger partial charge in [0.15, 0.2) is 0 Å². The van der Waals surface area contributed by atoms with Crippen molar-refractivity contribution in [3.8, 4) is 0 Å². The predicted molar refractivity (Wildman–Crippen MR) is 81.5 cm³/mol. The molecular weight excluding hydrogens is 236 g/mol. The third-order valence-corrected chi connectivity index (χ3v) is 3.19. The molecule has 0 saturated carbocycles. The molecule has 1 aromatic rings. The van der Waals surface area contributed by atoms with E-state index in [1.165, 1.54) is 16.7 Å². The van der Waals surface area contributed by atoms with E-state index in [1.807, 2.05) is 25.9 Å². The highest BCUT2D eigenvalue weighted by molar-refractivity contribution is 5.30. The van der Waals surface area contributed by atoms with Gasteiger partial charge in [0, 0.05) is 19.1 Å². The molecule has 0 fully saturated rings. The van der Waals surface area contributed by atoms with Crippen LogP contribution in [0.3, 0.4) is 0 Å². The summed E-state index contributed by atoms with van der Waals surface area (Å²) in [5.74, 6) is 0. The Hall–Kier alpha value is -0.900. The highest BCUT2D eigenvalue weighted by Crippen LogP contribution is 2.17. The Labute approximate surface area is 117 Å². The van der Waals surface area contributed by atoms with Crippen LogP contribution in [0, 0.1) is 13.8 Å². The third-order valence-electron chi connectivity index (χ3n) is 3.19. The molecule has 0 aromatic heterocycles. The molecule has 3 nitrogen and oxygen atoms in total. The summed E-state index contributed by atoms with van der Waals surface area (Å²) in [5, 5.41) is 13.7. The monoisotopic (exact) mass is 264 g/mol. The van der Waals surface area contributed by atoms with Gasteiger partial charge in [-0.25, -0.2) is 0 Å². The zero-order valence-electron chi connectivity index (χ0n) is 13.1. The Morgan fingerprint density at radius 3 is 2.21 bits per heavy atom. The Balaban J connectivity index is 2.62. The quantitative estimate of drug-likeness (QED) is 0.827. The Morgan fingerprint density at radius 2 is 1.74 bits per heavy atom. The molecule has 0 aliphatic carbocycles. The summed E-state index contributed by atoms with van der Waals surface area (Å²) in [6, 6.07) is 6.82. The Morgan fingerprint density at radius 1 is 1.21 bits per heavy atom. The van der Waals surface area contributed by atoms with Crippen molar-refractivity contribution in [2.75, 3.05) is 27.2 Å². The SMILES string of the molecule is Cc1cc(C)cc(C(C)NCC(C)(O)CN(C)C)c1. The van der Waals surface area contributed by atoms with Crippen LogP contribution >= 0.6 is 0 Å². The summed E-state index contributed by atoms with van der Waals surface area (Å²) >= 11 is 0. The molecule has 1 aromatic carbocycles. The lowest BCUT2D eigenvalue weighted by molar-refractivity contribution is 0.0317. The molecule has 2 N–H and O–H groups in total. The van der Waals surface area contributed by atoms with Gasteiger partial charge in [-0.15, -0.1) is 0 Å². The van der Waals surface area contributed by atoms with Crippen molar-refractivity contribution < 1.29 is 5.11 Å². The zero-order valence-corrected chi connectivity index (χ0v) is 13.1. The van der Waals surface area contributed by atoms with Crippen LogP contribution in [-0.4, -0.2) is 42.8 Å². The van der Waals surface area contributed by atoms with Crippen LogP contribution in [-0.2, 0) is 0 Å². The first-order chi connectivity index (χ1) is 8.69. The topological polar surface area (TPSA) is 35.5 Å². The van der Waals surface area contributed by atoms with Gasteiger partial charge < -0.3 is 15.3 Å². The van der Waals surface area contributed by atoms with Crippen LogP contribution < -0.4 is 5.32 Å². The smallest absolute Gasteiger partial charge is 0.0869 e. The zero-order chi connectivity index (χ0) is 14.6. The second-order valence-electron chi connectivity index (χ2n) is 6.26. The van der Waals surface area contributed by atoms with E-state index in [9.17, 15) is 5.11 Å². The summed E-state index contributed by atoms with van der Waals surface area (Å²) in [4.78, 5) is 2.00. The molecule has 0 amide bonds. The highest BCUT2D eigenvalue weighted by atomic mass is 16.3. The van der Waals surface area contributed by atoms with Gasteiger partial charge in [-0.05, 0) is 47.4 Å². The lowest BCUT2D eigenvalue weighted by Crippen LogP contribution is -2.46.